The van der Waals surface area contributed by atoms with Crippen LogP contribution in [0.15, 0.2) is 113 Å². The number of fused-ring (bicyclic) bond motifs is 2. The Morgan fingerprint density at radius 2 is 1.58 bits per heavy atom. The zero-order chi connectivity index (χ0) is 42.9. The summed E-state index contributed by atoms with van der Waals surface area (Å²) < 4.78 is 57.5. The van der Waals surface area contributed by atoms with Gasteiger partial charge in [0.25, 0.3) is 5.91 Å². The standard InChI is InChI=1S/C44H44N4O10S2/c1-26(2)33-12-9-13-34-36(29-16-20-32(21-17-29)60(54,55)47(3)4)38(46-37(33)34)43(51)58-24-30-25-59(53)42-39(45-35(49)22-27-10-7-6-8-11-27)41(50)48(42)40(30)44(52)57-23-28-14-18-31(56-5)19-15-28/h6-21,26,39,42,46H,22-25H2,1-5H3,(H,45,49)/t39-,42-,59?/m1/s1. The molecule has 3 atom stereocenters. The van der Waals surface area contributed by atoms with Crippen molar-refractivity contribution in [2.75, 3.05) is 33.6 Å². The zero-order valence-corrected chi connectivity index (χ0v) is 35.2. The number of nitrogens with one attached hydrogen (secondary N) is 2. The number of methoxy groups -OCH3 is 1. The van der Waals surface area contributed by atoms with Gasteiger partial charge in [0.15, 0.2) is 6.04 Å². The molecule has 2 aliphatic rings. The van der Waals surface area contributed by atoms with E-state index in [0.29, 0.717) is 33.3 Å². The summed E-state index contributed by atoms with van der Waals surface area (Å²) >= 11 is -1.82. The Morgan fingerprint density at radius 1 is 0.900 bits per heavy atom. The molecule has 312 valence electrons. The summed E-state index contributed by atoms with van der Waals surface area (Å²) in [5.41, 5.74) is 3.95. The van der Waals surface area contributed by atoms with Gasteiger partial charge in [-0.1, -0.05) is 86.6 Å². The Morgan fingerprint density at radius 3 is 2.23 bits per heavy atom. The maximum Gasteiger partial charge on any atom is 0.355 e. The van der Waals surface area contributed by atoms with Gasteiger partial charge in [0.05, 0.1) is 23.9 Å². The van der Waals surface area contributed by atoms with Crippen molar-refractivity contribution in [2.45, 2.75) is 49.1 Å². The van der Waals surface area contributed by atoms with Crippen LogP contribution in [0.2, 0.25) is 0 Å². The van der Waals surface area contributed by atoms with E-state index in [1.807, 2.05) is 38.1 Å². The highest BCUT2D eigenvalue weighted by atomic mass is 32.2. The van der Waals surface area contributed by atoms with Crippen molar-refractivity contribution in [2.24, 2.45) is 0 Å². The van der Waals surface area contributed by atoms with Crippen LogP contribution in [0.5, 0.6) is 5.75 Å². The first-order valence-electron chi connectivity index (χ1n) is 19.1. The Labute approximate surface area is 350 Å². The number of aromatic nitrogens is 1. The van der Waals surface area contributed by atoms with Gasteiger partial charge >= 0.3 is 11.9 Å². The lowest BCUT2D eigenvalue weighted by Gasteiger charge is -2.49. The molecular formula is C44H44N4O10S2. The summed E-state index contributed by atoms with van der Waals surface area (Å²) in [7, 11) is 0.680. The highest BCUT2D eigenvalue weighted by Gasteiger charge is 2.61. The third kappa shape index (κ3) is 8.28. The number of benzene rings is 4. The van der Waals surface area contributed by atoms with Crippen LogP contribution in [0.1, 0.15) is 46.9 Å². The summed E-state index contributed by atoms with van der Waals surface area (Å²) in [5.74, 6) is -2.40. The molecule has 14 nitrogen and oxygen atoms in total. The number of ether oxygens (including phenoxy) is 3. The molecule has 1 fully saturated rings. The van der Waals surface area contributed by atoms with E-state index in [1.165, 1.54) is 33.3 Å². The predicted octanol–water partition coefficient (Wildman–Crippen LogP) is 5.03. The van der Waals surface area contributed by atoms with Crippen LogP contribution < -0.4 is 10.1 Å². The third-order valence-electron chi connectivity index (χ3n) is 10.4. The highest BCUT2D eigenvalue weighted by Crippen LogP contribution is 2.39. The van der Waals surface area contributed by atoms with Crippen molar-refractivity contribution in [1.82, 2.24) is 19.5 Å². The molecule has 1 saturated heterocycles. The fourth-order valence-corrected chi connectivity index (χ4v) is 9.87. The second-order valence-corrected chi connectivity index (χ2v) is 18.6. The SMILES string of the molecule is COc1ccc(COC(=O)C2=C(COC(=O)c3[nH]c4c(C(C)C)cccc4c3-c3ccc(S(=O)(=O)N(C)C)cc3)C[S+]([O-])[C@@H]3[C@H](NC(=O)Cc4ccccc4)C(=O)N23)cc1. The number of aromatic amines is 1. The van der Waals surface area contributed by atoms with E-state index in [2.05, 4.69) is 10.3 Å². The van der Waals surface area contributed by atoms with Gasteiger partial charge in [0.1, 0.15) is 36.1 Å². The van der Waals surface area contributed by atoms with Gasteiger partial charge in [-0.3, -0.25) is 14.5 Å². The van der Waals surface area contributed by atoms with Crippen LogP contribution in [0, 0.1) is 0 Å². The van der Waals surface area contributed by atoms with Crippen LogP contribution in [0.4, 0.5) is 0 Å². The number of para-hydroxylation sites is 1. The molecule has 60 heavy (non-hydrogen) atoms. The Hall–Kier alpha value is -5.94. The number of carbonyl (C=O) groups is 4. The van der Waals surface area contributed by atoms with Gasteiger partial charge in [0, 0.05) is 30.6 Å². The Kier molecular flexibility index (Phi) is 12.2. The molecule has 2 aliphatic heterocycles. The van der Waals surface area contributed by atoms with Crippen molar-refractivity contribution in [3.63, 3.8) is 0 Å². The monoisotopic (exact) mass is 852 g/mol. The van der Waals surface area contributed by atoms with Crippen LogP contribution in [0.3, 0.4) is 0 Å². The minimum absolute atomic E-state index is 0.00842. The van der Waals surface area contributed by atoms with Crippen molar-refractivity contribution >= 4 is 55.9 Å². The number of amides is 2. The van der Waals surface area contributed by atoms with Crippen LogP contribution in [-0.2, 0) is 58.1 Å². The van der Waals surface area contributed by atoms with E-state index in [9.17, 15) is 32.1 Å². The van der Waals surface area contributed by atoms with Crippen molar-refractivity contribution in [3.8, 4) is 16.9 Å². The van der Waals surface area contributed by atoms with E-state index in [-0.39, 0.29) is 46.6 Å². The number of carbonyl (C=O) groups excluding carboxylic acids is 4. The topological polar surface area (TPSA) is 187 Å². The third-order valence-corrected chi connectivity index (χ3v) is 13.9. The number of nitrogens with zero attached hydrogens (tertiary/aromatic N) is 2. The van der Waals surface area contributed by atoms with E-state index in [1.54, 1.807) is 60.7 Å². The van der Waals surface area contributed by atoms with Gasteiger partial charge in [-0.15, -0.1) is 0 Å². The minimum Gasteiger partial charge on any atom is -0.614 e. The molecule has 0 radical (unpaired) electrons. The Balaban J connectivity index is 1.20. The van der Waals surface area contributed by atoms with Crippen molar-refractivity contribution in [3.05, 3.63) is 131 Å². The van der Waals surface area contributed by atoms with E-state index in [0.717, 1.165) is 20.3 Å². The molecule has 2 N–H and O–H groups in total. The molecule has 3 heterocycles. The predicted molar refractivity (Wildman–Crippen MR) is 225 cm³/mol. The lowest BCUT2D eigenvalue weighted by Crippen LogP contribution is -2.75. The van der Waals surface area contributed by atoms with E-state index < -0.39 is 63.0 Å². The second kappa shape index (κ2) is 17.3. The maximum atomic E-state index is 14.2. The first-order chi connectivity index (χ1) is 28.7. The lowest BCUT2D eigenvalue weighted by atomic mass is 9.97. The normalized spacial score (nSPS) is 17.7. The van der Waals surface area contributed by atoms with Gasteiger partial charge in [-0.05, 0) is 63.6 Å². The molecule has 4 aromatic carbocycles. The van der Waals surface area contributed by atoms with Gasteiger partial charge in [-0.2, -0.15) is 0 Å². The molecule has 1 aromatic heterocycles. The van der Waals surface area contributed by atoms with Crippen LogP contribution in [-0.4, -0.2) is 95.9 Å². The molecule has 5 aromatic rings. The number of rotatable bonds is 14. The quantitative estimate of drug-likeness (QED) is 0.0872. The fourth-order valence-electron chi connectivity index (χ4n) is 7.30. The summed E-state index contributed by atoms with van der Waals surface area (Å²) in [6.07, 6.45) is -0.00842. The number of H-pyrrole nitrogens is 1. The number of sulfonamides is 1. The summed E-state index contributed by atoms with van der Waals surface area (Å²) in [6, 6.07) is 26.5. The lowest BCUT2D eigenvalue weighted by molar-refractivity contribution is -0.153. The average Bonchev–Trinajstić information content (AvgIpc) is 3.64. The first-order valence-corrected chi connectivity index (χ1v) is 21.9. The molecule has 0 bridgehead atoms. The van der Waals surface area contributed by atoms with Crippen molar-refractivity contribution < 1.29 is 46.4 Å². The molecule has 0 aliphatic carbocycles. The number of esters is 2. The molecular weight excluding hydrogens is 809 g/mol. The van der Waals surface area contributed by atoms with Gasteiger partial charge in [0.2, 0.25) is 21.3 Å². The van der Waals surface area contributed by atoms with Crippen LogP contribution in [0.25, 0.3) is 22.0 Å². The first kappa shape index (κ1) is 42.2. The average molecular weight is 853 g/mol. The minimum atomic E-state index is -3.73. The zero-order valence-electron chi connectivity index (χ0n) is 33.6. The van der Waals surface area contributed by atoms with Gasteiger partial charge in [-0.25, -0.2) is 22.3 Å². The van der Waals surface area contributed by atoms with Crippen molar-refractivity contribution in [1.29, 1.82) is 0 Å². The Bertz CT molecular complexity index is 2590. The number of hydrogen-bond donors (Lipinski definition) is 2. The molecule has 16 heteroatoms. The van der Waals surface area contributed by atoms with Crippen LogP contribution >= 0.6 is 0 Å². The number of hydrogen-bond acceptors (Lipinski definition) is 10. The molecule has 7 rings (SSSR count). The summed E-state index contributed by atoms with van der Waals surface area (Å²) in [5, 5.41) is 2.33. The summed E-state index contributed by atoms with van der Waals surface area (Å²) in [4.78, 5) is 59.3. The smallest absolute Gasteiger partial charge is 0.355 e. The molecule has 0 saturated carbocycles. The maximum absolute atomic E-state index is 14.2. The van der Waals surface area contributed by atoms with E-state index >= 15 is 0 Å². The highest BCUT2D eigenvalue weighted by molar-refractivity contribution is 7.92. The number of β-lactam (4-membered cyclic amide) rings is 1. The molecule has 2 amide bonds. The van der Waals surface area contributed by atoms with E-state index in [4.69, 9.17) is 14.2 Å². The summed E-state index contributed by atoms with van der Waals surface area (Å²) in [6.45, 7) is 3.34. The van der Waals surface area contributed by atoms with Gasteiger partial charge < -0.3 is 29.1 Å². The molecule has 0 spiro atoms. The molecule has 1 unspecified atom stereocenters. The second-order valence-electron chi connectivity index (χ2n) is 14.9. The fraction of sp³-hybridized carbons (Fsp3) is 0.273. The largest absolute Gasteiger partial charge is 0.614 e.